The zero-order valence-corrected chi connectivity index (χ0v) is 12.3. The number of aryl methyl sites for hydroxylation is 1. The fraction of sp³-hybridized carbons (Fsp3) is 0.538. The van der Waals surface area contributed by atoms with Crippen molar-refractivity contribution in [2.45, 2.75) is 32.4 Å². The Hall–Kier alpha value is -0.290. The van der Waals surface area contributed by atoms with Crippen molar-refractivity contribution >= 4 is 28.3 Å². The third kappa shape index (κ3) is 2.69. The average molecular weight is 330 g/mol. The Balaban J connectivity index is 2.05. The van der Waals surface area contributed by atoms with E-state index in [2.05, 4.69) is 71.9 Å². The van der Waals surface area contributed by atoms with Gasteiger partial charge in [-0.1, -0.05) is 0 Å². The largest absolute Gasteiger partial charge is 0.381 e. The van der Waals surface area contributed by atoms with Crippen LogP contribution in [0, 0.1) is 10.5 Å². The zero-order valence-electron chi connectivity index (χ0n) is 10.1. The molecule has 0 spiro atoms. The summed E-state index contributed by atoms with van der Waals surface area (Å²) in [5.74, 6) is 0. The number of likely N-dealkylation sites (tertiary alicyclic amines) is 1. The standard InChI is InChI=1S/C13H19IN2/c1-9-6-11(14)4-5-13(9)15-12-7-10(2)16(3)8-12/h4-6,10,12,15H,7-8H2,1-3H3. The minimum Gasteiger partial charge on any atom is -0.381 e. The van der Waals surface area contributed by atoms with E-state index in [1.165, 1.54) is 21.2 Å². The number of nitrogens with zero attached hydrogens (tertiary/aromatic N) is 1. The number of likely N-dealkylation sites (N-methyl/N-ethyl adjacent to an activating group) is 1. The smallest absolute Gasteiger partial charge is 0.0403 e. The lowest BCUT2D eigenvalue weighted by molar-refractivity contribution is 0.330. The van der Waals surface area contributed by atoms with Crippen LogP contribution in [0.2, 0.25) is 0 Å². The third-order valence-corrected chi connectivity index (χ3v) is 4.11. The Morgan fingerprint density at radius 1 is 1.44 bits per heavy atom. The van der Waals surface area contributed by atoms with Gasteiger partial charge in [-0.15, -0.1) is 0 Å². The Kier molecular flexibility index (Phi) is 3.74. The number of rotatable bonds is 2. The molecule has 1 aromatic rings. The van der Waals surface area contributed by atoms with Crippen molar-refractivity contribution in [1.82, 2.24) is 4.90 Å². The average Bonchev–Trinajstić information content (AvgIpc) is 2.51. The van der Waals surface area contributed by atoms with Gasteiger partial charge in [0.25, 0.3) is 0 Å². The van der Waals surface area contributed by atoms with Gasteiger partial charge in [0.2, 0.25) is 0 Å². The first-order valence-corrected chi connectivity index (χ1v) is 6.87. The second-order valence-electron chi connectivity index (χ2n) is 4.82. The molecule has 1 saturated heterocycles. The molecule has 1 aromatic carbocycles. The quantitative estimate of drug-likeness (QED) is 0.839. The second-order valence-corrected chi connectivity index (χ2v) is 6.07. The SMILES string of the molecule is Cc1cc(I)ccc1NC1CC(C)N(C)C1. The van der Waals surface area contributed by atoms with Gasteiger partial charge in [-0.2, -0.15) is 0 Å². The van der Waals surface area contributed by atoms with Gasteiger partial charge in [0.1, 0.15) is 0 Å². The van der Waals surface area contributed by atoms with Gasteiger partial charge in [0.05, 0.1) is 0 Å². The van der Waals surface area contributed by atoms with Crippen LogP contribution < -0.4 is 5.32 Å². The minimum atomic E-state index is 0.596. The Labute approximate surface area is 112 Å². The van der Waals surface area contributed by atoms with Crippen LogP contribution in [-0.4, -0.2) is 30.6 Å². The van der Waals surface area contributed by atoms with Crippen LogP contribution in [0.3, 0.4) is 0 Å². The summed E-state index contributed by atoms with van der Waals surface area (Å²) < 4.78 is 1.30. The van der Waals surface area contributed by atoms with Gasteiger partial charge < -0.3 is 10.2 Å². The molecule has 1 heterocycles. The van der Waals surface area contributed by atoms with Crippen molar-refractivity contribution in [3.8, 4) is 0 Å². The summed E-state index contributed by atoms with van der Waals surface area (Å²) in [7, 11) is 2.20. The van der Waals surface area contributed by atoms with Gasteiger partial charge in [-0.3, -0.25) is 0 Å². The molecular formula is C13H19IN2. The molecule has 0 amide bonds. The molecule has 2 rings (SSSR count). The molecule has 88 valence electrons. The molecule has 0 bridgehead atoms. The van der Waals surface area contributed by atoms with Crippen molar-refractivity contribution < 1.29 is 0 Å². The van der Waals surface area contributed by atoms with Crippen molar-refractivity contribution in [3.05, 3.63) is 27.3 Å². The lowest BCUT2D eigenvalue weighted by atomic mass is 10.1. The number of hydrogen-bond donors (Lipinski definition) is 1. The number of halogens is 1. The third-order valence-electron chi connectivity index (χ3n) is 3.43. The van der Waals surface area contributed by atoms with Crippen molar-refractivity contribution in [2.24, 2.45) is 0 Å². The van der Waals surface area contributed by atoms with Crippen LogP contribution >= 0.6 is 22.6 Å². The molecule has 0 aliphatic carbocycles. The maximum Gasteiger partial charge on any atom is 0.0403 e. The van der Waals surface area contributed by atoms with Gasteiger partial charge in [0, 0.05) is 27.9 Å². The highest BCUT2D eigenvalue weighted by atomic mass is 127. The molecule has 1 aliphatic heterocycles. The summed E-state index contributed by atoms with van der Waals surface area (Å²) in [6, 6.07) is 7.88. The van der Waals surface area contributed by atoms with Crippen LogP contribution in [0.1, 0.15) is 18.9 Å². The maximum atomic E-state index is 3.65. The van der Waals surface area contributed by atoms with Crippen LogP contribution in [0.15, 0.2) is 18.2 Å². The molecule has 2 nitrogen and oxygen atoms in total. The summed E-state index contributed by atoms with van der Waals surface area (Å²) in [4.78, 5) is 2.42. The Bertz CT molecular complexity index is 368. The highest BCUT2D eigenvalue weighted by Crippen LogP contribution is 2.23. The number of anilines is 1. The molecule has 1 aliphatic rings. The first-order valence-electron chi connectivity index (χ1n) is 5.79. The van der Waals surface area contributed by atoms with E-state index in [-0.39, 0.29) is 0 Å². The predicted molar refractivity (Wildman–Crippen MR) is 78.0 cm³/mol. The lowest BCUT2D eigenvalue weighted by Crippen LogP contribution is -2.25. The van der Waals surface area contributed by atoms with Crippen molar-refractivity contribution in [2.75, 3.05) is 18.9 Å². The van der Waals surface area contributed by atoms with E-state index in [0.29, 0.717) is 12.1 Å². The Morgan fingerprint density at radius 3 is 2.75 bits per heavy atom. The molecule has 1 N–H and O–H groups in total. The zero-order chi connectivity index (χ0) is 11.7. The van der Waals surface area contributed by atoms with Crippen LogP contribution in [0.25, 0.3) is 0 Å². The fourth-order valence-electron chi connectivity index (χ4n) is 2.31. The van der Waals surface area contributed by atoms with Crippen molar-refractivity contribution in [3.63, 3.8) is 0 Å². The summed E-state index contributed by atoms with van der Waals surface area (Å²) in [5, 5.41) is 3.65. The van der Waals surface area contributed by atoms with Crippen LogP contribution in [0.4, 0.5) is 5.69 Å². The van der Waals surface area contributed by atoms with E-state index in [9.17, 15) is 0 Å². The molecule has 0 radical (unpaired) electrons. The molecule has 0 saturated carbocycles. The summed E-state index contributed by atoms with van der Waals surface area (Å²) in [5.41, 5.74) is 2.63. The fourth-order valence-corrected chi connectivity index (χ4v) is 2.95. The van der Waals surface area contributed by atoms with Gasteiger partial charge >= 0.3 is 0 Å². The maximum absolute atomic E-state index is 3.65. The van der Waals surface area contributed by atoms with Gasteiger partial charge in [-0.05, 0) is 73.7 Å². The molecular weight excluding hydrogens is 311 g/mol. The summed E-state index contributed by atoms with van der Waals surface area (Å²) in [6.45, 7) is 5.61. The first kappa shape index (κ1) is 12.2. The molecule has 0 aromatic heterocycles. The molecule has 16 heavy (non-hydrogen) atoms. The van der Waals surface area contributed by atoms with Gasteiger partial charge in [0.15, 0.2) is 0 Å². The first-order chi connectivity index (χ1) is 7.56. The summed E-state index contributed by atoms with van der Waals surface area (Å²) >= 11 is 2.36. The van der Waals surface area contributed by atoms with E-state index >= 15 is 0 Å². The predicted octanol–water partition coefficient (Wildman–Crippen LogP) is 3.10. The van der Waals surface area contributed by atoms with E-state index in [1.54, 1.807) is 0 Å². The normalized spacial score (nSPS) is 26.0. The van der Waals surface area contributed by atoms with Crippen LogP contribution in [0.5, 0.6) is 0 Å². The van der Waals surface area contributed by atoms with E-state index in [1.807, 2.05) is 0 Å². The molecule has 2 atom stereocenters. The minimum absolute atomic E-state index is 0.596. The highest BCUT2D eigenvalue weighted by molar-refractivity contribution is 14.1. The number of hydrogen-bond acceptors (Lipinski definition) is 2. The van der Waals surface area contributed by atoms with Gasteiger partial charge in [-0.25, -0.2) is 0 Å². The van der Waals surface area contributed by atoms with E-state index in [4.69, 9.17) is 0 Å². The summed E-state index contributed by atoms with van der Waals surface area (Å²) in [6.07, 6.45) is 1.24. The molecule has 2 unspecified atom stereocenters. The van der Waals surface area contributed by atoms with E-state index in [0.717, 1.165) is 6.54 Å². The highest BCUT2D eigenvalue weighted by Gasteiger charge is 2.25. The van der Waals surface area contributed by atoms with E-state index < -0.39 is 0 Å². The number of nitrogens with one attached hydrogen (secondary N) is 1. The lowest BCUT2D eigenvalue weighted by Gasteiger charge is -2.16. The topological polar surface area (TPSA) is 15.3 Å². The molecule has 3 heteroatoms. The Morgan fingerprint density at radius 2 is 2.19 bits per heavy atom. The molecule has 1 fully saturated rings. The van der Waals surface area contributed by atoms with Crippen molar-refractivity contribution in [1.29, 1.82) is 0 Å². The second kappa shape index (κ2) is 4.92. The van der Waals surface area contributed by atoms with Crippen LogP contribution in [-0.2, 0) is 0 Å². The monoisotopic (exact) mass is 330 g/mol. The number of benzene rings is 1.